The molecule has 5 nitrogen and oxygen atoms in total. The Morgan fingerprint density at radius 3 is 1.94 bits per heavy atom. The van der Waals surface area contributed by atoms with Crippen molar-refractivity contribution in [3.63, 3.8) is 0 Å². The normalized spacial score (nSPS) is 26.2. The minimum atomic E-state index is -3.67. The Bertz CT molecular complexity index is 396. The molecule has 1 heterocycles. The summed E-state index contributed by atoms with van der Waals surface area (Å²) in [6.07, 6.45) is 0. The second kappa shape index (κ2) is 4.24. The highest BCUT2D eigenvalue weighted by Crippen LogP contribution is 2.45. The van der Waals surface area contributed by atoms with Gasteiger partial charge in [-0.05, 0) is 35.6 Å². The van der Waals surface area contributed by atoms with E-state index in [1.165, 1.54) is 0 Å². The number of amides is 3. The van der Waals surface area contributed by atoms with Crippen LogP contribution in [0.1, 0.15) is 0 Å². The lowest BCUT2D eigenvalue weighted by Gasteiger charge is -2.40. The number of halogens is 3. The molecule has 1 aliphatic heterocycles. The molecule has 1 fully saturated rings. The second-order valence-electron chi connectivity index (χ2n) is 5.06. The van der Waals surface area contributed by atoms with Crippen molar-refractivity contribution in [2.45, 2.75) is 30.2 Å². The minimum absolute atomic E-state index is 0.634. The van der Waals surface area contributed by atoms with Gasteiger partial charge in [0.1, 0.15) is 0 Å². The van der Waals surface area contributed by atoms with Crippen LogP contribution in [0, 0.1) is 0 Å². The van der Waals surface area contributed by atoms with E-state index in [1.807, 2.05) is 0 Å². The highest BCUT2D eigenvalue weighted by molar-refractivity contribution is 9.10. The molecule has 0 aromatic carbocycles. The Labute approximate surface area is 113 Å². The molecular formula is C9H15BrF2N2O3Si. The Morgan fingerprint density at radius 2 is 1.72 bits per heavy atom. The number of alkyl halides is 3. The third kappa shape index (κ3) is 2.18. The molecule has 0 spiro atoms. The molecule has 0 aromatic rings. The van der Waals surface area contributed by atoms with Crippen LogP contribution in [0.5, 0.6) is 0 Å². The summed E-state index contributed by atoms with van der Waals surface area (Å²) in [6, 6.07) is -0.822. The van der Waals surface area contributed by atoms with Crippen LogP contribution in [0.2, 0.25) is 19.6 Å². The Hall–Kier alpha value is -0.543. The zero-order valence-electron chi connectivity index (χ0n) is 10.8. The fourth-order valence-corrected chi connectivity index (χ4v) is 3.65. The summed E-state index contributed by atoms with van der Waals surface area (Å²) in [4.78, 5) is 21.3. The first-order valence-electron chi connectivity index (χ1n) is 5.17. The van der Waals surface area contributed by atoms with Crippen LogP contribution < -0.4 is 0 Å². The van der Waals surface area contributed by atoms with E-state index in [4.69, 9.17) is 4.43 Å². The number of rotatable bonds is 3. The molecule has 3 amide bonds. The van der Waals surface area contributed by atoms with E-state index in [0.717, 1.165) is 14.1 Å². The standard InChI is InChI=1S/C9H15BrF2N2O3Si/c1-13-6(15)8(9(10,11)12,14(2)7(13)16)17-18(3,4)5/h1-5H3. The van der Waals surface area contributed by atoms with Gasteiger partial charge in [0, 0.05) is 14.1 Å². The topological polar surface area (TPSA) is 49.9 Å². The van der Waals surface area contributed by atoms with Gasteiger partial charge in [-0.3, -0.25) is 14.6 Å². The molecule has 1 atom stereocenters. The summed E-state index contributed by atoms with van der Waals surface area (Å²) in [6.45, 7) is 4.99. The van der Waals surface area contributed by atoms with Crippen LogP contribution >= 0.6 is 15.9 Å². The summed E-state index contributed by atoms with van der Waals surface area (Å²) in [5.74, 6) is -1.07. The SMILES string of the molecule is CN1C(=O)N(C)C(O[Si](C)(C)C)(C(F)(F)Br)C1=O. The molecule has 1 saturated heterocycles. The molecule has 104 valence electrons. The number of carbonyl (C=O) groups is 2. The molecule has 0 N–H and O–H groups in total. The summed E-state index contributed by atoms with van der Waals surface area (Å²) < 4.78 is 33.0. The van der Waals surface area contributed by atoms with Crippen molar-refractivity contribution >= 4 is 36.2 Å². The summed E-state index contributed by atoms with van der Waals surface area (Å²) in [7, 11) is -0.226. The lowest BCUT2D eigenvalue weighted by atomic mass is 10.2. The minimum Gasteiger partial charge on any atom is -0.383 e. The molecule has 0 bridgehead atoms. The van der Waals surface area contributed by atoms with Crippen LogP contribution in [0.4, 0.5) is 13.6 Å². The van der Waals surface area contributed by atoms with E-state index in [9.17, 15) is 18.4 Å². The summed E-state index contributed by atoms with van der Waals surface area (Å²) in [5.41, 5.74) is -2.61. The van der Waals surface area contributed by atoms with E-state index >= 15 is 0 Å². The van der Waals surface area contributed by atoms with Gasteiger partial charge in [-0.15, -0.1) is 0 Å². The molecule has 0 aliphatic carbocycles. The first-order valence-corrected chi connectivity index (χ1v) is 9.37. The predicted molar refractivity (Wildman–Crippen MR) is 67.0 cm³/mol. The average molecular weight is 345 g/mol. The Balaban J connectivity index is 3.39. The molecular weight excluding hydrogens is 330 g/mol. The van der Waals surface area contributed by atoms with Gasteiger partial charge in [-0.25, -0.2) is 4.79 Å². The predicted octanol–water partition coefficient (Wildman–Crippen LogP) is 2.05. The Kier molecular flexibility index (Phi) is 3.65. The van der Waals surface area contributed by atoms with Gasteiger partial charge in [-0.2, -0.15) is 8.78 Å². The van der Waals surface area contributed by atoms with Gasteiger partial charge in [-0.1, -0.05) is 0 Å². The van der Waals surface area contributed by atoms with E-state index in [1.54, 1.807) is 19.6 Å². The molecule has 1 aliphatic rings. The molecule has 18 heavy (non-hydrogen) atoms. The van der Waals surface area contributed by atoms with E-state index in [2.05, 4.69) is 15.9 Å². The van der Waals surface area contributed by atoms with Crippen LogP contribution in [-0.2, 0) is 9.22 Å². The van der Waals surface area contributed by atoms with Crippen molar-refractivity contribution in [2.24, 2.45) is 0 Å². The van der Waals surface area contributed by atoms with E-state index in [0.29, 0.717) is 9.80 Å². The fraction of sp³-hybridized carbons (Fsp3) is 0.778. The lowest BCUT2D eigenvalue weighted by Crippen LogP contribution is -2.63. The van der Waals surface area contributed by atoms with Crippen molar-refractivity contribution in [1.29, 1.82) is 0 Å². The third-order valence-electron chi connectivity index (χ3n) is 2.48. The lowest BCUT2D eigenvalue weighted by molar-refractivity contribution is -0.180. The summed E-state index contributed by atoms with van der Waals surface area (Å²) in [5, 5.41) is 0. The van der Waals surface area contributed by atoms with E-state index < -0.39 is 30.8 Å². The number of carbonyl (C=O) groups excluding carboxylic acids is 2. The van der Waals surface area contributed by atoms with Gasteiger partial charge < -0.3 is 4.43 Å². The molecule has 0 saturated carbocycles. The number of imide groups is 1. The maximum Gasteiger partial charge on any atom is 0.356 e. The molecule has 1 rings (SSSR count). The molecule has 0 aromatic heterocycles. The number of hydrogen-bond donors (Lipinski definition) is 0. The van der Waals surface area contributed by atoms with Crippen molar-refractivity contribution < 1.29 is 22.8 Å². The highest BCUT2D eigenvalue weighted by Gasteiger charge is 2.70. The number of hydrogen-bond acceptors (Lipinski definition) is 3. The maximum absolute atomic E-state index is 13.8. The van der Waals surface area contributed by atoms with Crippen LogP contribution in [0.15, 0.2) is 0 Å². The smallest absolute Gasteiger partial charge is 0.356 e. The third-order valence-corrected chi connectivity index (χ3v) is 3.92. The Morgan fingerprint density at radius 1 is 1.28 bits per heavy atom. The van der Waals surface area contributed by atoms with Crippen LogP contribution in [0.25, 0.3) is 0 Å². The van der Waals surface area contributed by atoms with E-state index in [-0.39, 0.29) is 0 Å². The van der Waals surface area contributed by atoms with Gasteiger partial charge in [0.05, 0.1) is 0 Å². The summed E-state index contributed by atoms with van der Waals surface area (Å²) >= 11 is 2.17. The van der Waals surface area contributed by atoms with Gasteiger partial charge in [0.2, 0.25) is 0 Å². The van der Waals surface area contributed by atoms with Gasteiger partial charge >= 0.3 is 10.9 Å². The molecule has 9 heteroatoms. The number of nitrogens with zero attached hydrogens (tertiary/aromatic N) is 2. The molecule has 0 radical (unpaired) electrons. The van der Waals surface area contributed by atoms with Crippen molar-refractivity contribution in [3.8, 4) is 0 Å². The number of likely N-dealkylation sites (N-methyl/N-ethyl adjacent to an activating group) is 2. The number of urea groups is 1. The zero-order valence-corrected chi connectivity index (χ0v) is 13.3. The maximum atomic E-state index is 13.8. The first-order chi connectivity index (χ1) is 7.84. The highest BCUT2D eigenvalue weighted by atomic mass is 79.9. The molecule has 1 unspecified atom stereocenters. The second-order valence-corrected chi connectivity index (χ2v) is 10.5. The van der Waals surface area contributed by atoms with Crippen LogP contribution in [0.3, 0.4) is 0 Å². The average Bonchev–Trinajstić information content (AvgIpc) is 2.31. The first kappa shape index (κ1) is 15.5. The fourth-order valence-electron chi connectivity index (χ4n) is 1.74. The monoisotopic (exact) mass is 344 g/mol. The zero-order chi connectivity index (χ0) is 14.5. The van der Waals surface area contributed by atoms with Gasteiger partial charge in [0.25, 0.3) is 11.6 Å². The van der Waals surface area contributed by atoms with Crippen molar-refractivity contribution in [3.05, 3.63) is 0 Å². The quantitative estimate of drug-likeness (QED) is 0.447. The van der Waals surface area contributed by atoms with Crippen LogP contribution in [-0.4, -0.2) is 54.7 Å². The van der Waals surface area contributed by atoms with Crippen molar-refractivity contribution in [2.75, 3.05) is 14.1 Å². The van der Waals surface area contributed by atoms with Gasteiger partial charge in [0.15, 0.2) is 8.32 Å². The van der Waals surface area contributed by atoms with Crippen molar-refractivity contribution in [1.82, 2.24) is 9.80 Å². The largest absolute Gasteiger partial charge is 0.383 e.